The van der Waals surface area contributed by atoms with Gasteiger partial charge in [0.2, 0.25) is 10.0 Å². The van der Waals surface area contributed by atoms with Crippen molar-refractivity contribution in [1.29, 1.82) is 0 Å². The molecule has 0 fully saturated rings. The molecule has 3 unspecified atom stereocenters. The van der Waals surface area contributed by atoms with Crippen LogP contribution in [0.25, 0.3) is 5.57 Å². The molecule has 1 aliphatic carbocycles. The number of primary sulfonamides is 1. The first-order valence-electron chi connectivity index (χ1n) is 9.31. The number of nitrogens with one attached hydrogen (secondary N) is 1. The lowest BCUT2D eigenvalue weighted by molar-refractivity contribution is -0.0547. The van der Waals surface area contributed by atoms with Crippen LogP contribution in [-0.4, -0.2) is 43.3 Å². The largest absolute Gasteiger partial charge is 0.477 e. The predicted molar refractivity (Wildman–Crippen MR) is 109 cm³/mol. The van der Waals surface area contributed by atoms with Crippen molar-refractivity contribution in [3.8, 4) is 0 Å². The number of fused-ring (bicyclic) bond motifs is 3. The third kappa shape index (κ3) is 3.19. The monoisotopic (exact) mass is 417 g/mol. The highest BCUT2D eigenvalue weighted by molar-refractivity contribution is 7.93. The number of carbonyl (C=O) groups is 1. The highest BCUT2D eigenvalue weighted by atomic mass is 32.2. The molecule has 29 heavy (non-hydrogen) atoms. The number of aliphatic imine (C=N–C) groups is 1. The minimum Gasteiger partial charge on any atom is -0.477 e. The van der Waals surface area contributed by atoms with Crippen LogP contribution in [0.1, 0.15) is 54.0 Å². The van der Waals surface area contributed by atoms with Crippen molar-refractivity contribution in [2.24, 2.45) is 16.0 Å². The summed E-state index contributed by atoms with van der Waals surface area (Å²) < 4.78 is 29.7. The summed E-state index contributed by atoms with van der Waals surface area (Å²) in [4.78, 5) is 19.5. The van der Waals surface area contributed by atoms with E-state index >= 15 is 0 Å². The summed E-state index contributed by atoms with van der Waals surface area (Å²) >= 11 is 0. The first-order valence-corrected chi connectivity index (χ1v) is 10.9. The summed E-state index contributed by atoms with van der Waals surface area (Å²) in [5.41, 5.74) is 2.34. The Hall–Kier alpha value is -2.49. The first kappa shape index (κ1) is 19.8. The molecule has 9 heteroatoms. The van der Waals surface area contributed by atoms with Crippen LogP contribution in [0.4, 0.5) is 0 Å². The molecule has 0 bridgehead atoms. The Bertz CT molecular complexity index is 1120. The molecular formula is C20H23N3O5S. The number of nitrogens with zero attached hydrogens (tertiary/aromatic N) is 1. The smallest absolute Gasteiger partial charge is 0.352 e. The number of rotatable bonds is 3. The Morgan fingerprint density at radius 1 is 1.41 bits per heavy atom. The van der Waals surface area contributed by atoms with Crippen LogP contribution in [0.2, 0.25) is 0 Å². The van der Waals surface area contributed by atoms with Gasteiger partial charge in [-0.05, 0) is 37.5 Å². The molecular weight excluding hydrogens is 394 g/mol. The van der Waals surface area contributed by atoms with Crippen LogP contribution in [0.5, 0.6) is 0 Å². The Morgan fingerprint density at radius 3 is 2.76 bits per heavy atom. The van der Waals surface area contributed by atoms with E-state index in [1.54, 1.807) is 18.4 Å². The van der Waals surface area contributed by atoms with Gasteiger partial charge in [-0.1, -0.05) is 19.1 Å². The van der Waals surface area contributed by atoms with Gasteiger partial charge in [0.1, 0.15) is 11.8 Å². The maximum Gasteiger partial charge on any atom is 0.352 e. The normalized spacial score (nSPS) is 27.7. The van der Waals surface area contributed by atoms with Gasteiger partial charge in [-0.15, -0.1) is 0 Å². The van der Waals surface area contributed by atoms with E-state index in [4.69, 9.17) is 9.88 Å². The molecule has 0 aromatic carbocycles. The number of allylic oxidation sites excluding steroid dienone is 4. The molecule has 3 atom stereocenters. The van der Waals surface area contributed by atoms with Gasteiger partial charge in [-0.3, -0.25) is 4.99 Å². The lowest BCUT2D eigenvalue weighted by atomic mass is 9.76. The van der Waals surface area contributed by atoms with E-state index in [1.165, 1.54) is 6.08 Å². The molecule has 0 radical (unpaired) electrons. The van der Waals surface area contributed by atoms with E-state index in [2.05, 4.69) is 9.98 Å². The van der Waals surface area contributed by atoms with E-state index in [0.717, 1.165) is 16.8 Å². The fourth-order valence-corrected chi connectivity index (χ4v) is 5.13. The Morgan fingerprint density at radius 2 is 2.14 bits per heavy atom. The van der Waals surface area contributed by atoms with E-state index < -0.39 is 21.6 Å². The fraction of sp³-hybridized carbons (Fsp3) is 0.400. The van der Waals surface area contributed by atoms with Crippen molar-refractivity contribution in [2.45, 2.75) is 38.4 Å². The minimum absolute atomic E-state index is 0.0318. The second-order valence-corrected chi connectivity index (χ2v) is 9.64. The molecule has 0 saturated heterocycles. The van der Waals surface area contributed by atoms with Crippen LogP contribution in [0.15, 0.2) is 34.2 Å². The van der Waals surface area contributed by atoms with E-state index in [9.17, 15) is 18.3 Å². The van der Waals surface area contributed by atoms with E-state index in [0.29, 0.717) is 12.1 Å². The molecule has 0 amide bonds. The molecule has 0 spiro atoms. The lowest BCUT2D eigenvalue weighted by Crippen LogP contribution is -2.38. The molecule has 3 heterocycles. The second kappa shape index (κ2) is 6.51. The van der Waals surface area contributed by atoms with Gasteiger partial charge in [-0.2, -0.15) is 0 Å². The number of dihydropyridines is 1. The Kier molecular flexibility index (Phi) is 4.45. The maximum absolute atomic E-state index is 12.1. The number of hydrogen-bond donors (Lipinski definition) is 3. The summed E-state index contributed by atoms with van der Waals surface area (Å²) in [6.07, 6.45) is 8.01. The zero-order valence-electron chi connectivity index (χ0n) is 16.3. The standard InChI is InChI=1S/C20H23N3O5S/c1-10-8-11(29(21,26)27)4-5-12(10)15-16-17(23-18(15)19(24)25)13-6-7-22-9-14(13)28-20(16,2)3/h4-8,10,12,14,23H,9H2,1-3H3,(H,24,25)(H2,21,26,27). The summed E-state index contributed by atoms with van der Waals surface area (Å²) in [7, 11) is -3.83. The Balaban J connectivity index is 1.92. The average molecular weight is 417 g/mol. The van der Waals surface area contributed by atoms with Crippen molar-refractivity contribution in [3.63, 3.8) is 0 Å². The minimum atomic E-state index is -3.83. The predicted octanol–water partition coefficient (Wildman–Crippen LogP) is 2.28. The van der Waals surface area contributed by atoms with Crippen molar-refractivity contribution in [3.05, 3.63) is 51.7 Å². The van der Waals surface area contributed by atoms with Crippen LogP contribution in [-0.2, 0) is 20.4 Å². The number of H-pyrrole nitrogens is 1. The van der Waals surface area contributed by atoms with Crippen LogP contribution >= 0.6 is 0 Å². The van der Waals surface area contributed by atoms with Crippen molar-refractivity contribution in [1.82, 2.24) is 4.98 Å². The van der Waals surface area contributed by atoms with Crippen LogP contribution < -0.4 is 5.14 Å². The number of ether oxygens (including phenoxy) is 1. The molecule has 1 aromatic heterocycles. The molecule has 3 aliphatic rings. The Labute approximate surface area is 168 Å². The molecule has 4 rings (SSSR count). The third-order valence-electron chi connectivity index (χ3n) is 5.68. The zero-order valence-corrected chi connectivity index (χ0v) is 17.2. The molecule has 1 aromatic rings. The quantitative estimate of drug-likeness (QED) is 0.693. The van der Waals surface area contributed by atoms with Gasteiger partial charge in [-0.25, -0.2) is 18.4 Å². The van der Waals surface area contributed by atoms with E-state index in [-0.39, 0.29) is 28.5 Å². The molecule has 2 aliphatic heterocycles. The fourth-order valence-electron chi connectivity index (χ4n) is 4.45. The molecule has 0 saturated carbocycles. The highest BCUT2D eigenvalue weighted by Gasteiger charge is 2.44. The number of aromatic nitrogens is 1. The van der Waals surface area contributed by atoms with Gasteiger partial charge in [0.25, 0.3) is 0 Å². The van der Waals surface area contributed by atoms with Crippen molar-refractivity contribution >= 4 is 27.8 Å². The number of sulfonamides is 1. The average Bonchev–Trinajstić information content (AvgIpc) is 3.02. The topological polar surface area (TPSA) is 135 Å². The summed E-state index contributed by atoms with van der Waals surface area (Å²) in [6.45, 7) is 6.14. The number of aromatic amines is 1. The van der Waals surface area contributed by atoms with Crippen LogP contribution in [0.3, 0.4) is 0 Å². The summed E-state index contributed by atoms with van der Waals surface area (Å²) in [6, 6.07) is 0. The van der Waals surface area contributed by atoms with Gasteiger partial charge < -0.3 is 14.8 Å². The maximum atomic E-state index is 12.1. The second-order valence-electron chi connectivity index (χ2n) is 8.08. The van der Waals surface area contributed by atoms with Gasteiger partial charge in [0, 0.05) is 23.3 Å². The molecule has 8 nitrogen and oxygen atoms in total. The third-order valence-corrected chi connectivity index (χ3v) is 6.61. The number of nitrogens with two attached hydrogens (primary N) is 1. The van der Waals surface area contributed by atoms with Gasteiger partial charge in [0.05, 0.1) is 22.7 Å². The van der Waals surface area contributed by atoms with E-state index in [1.807, 2.05) is 26.8 Å². The number of carboxylic acid groups (broad SMARTS) is 1. The zero-order chi connectivity index (χ0) is 21.1. The SMILES string of the molecule is CC1C=C(S(N)(=O)=O)C=CC1c1c(C(=O)O)[nH]c2c1C(C)(C)OC1CN=CC=C21. The van der Waals surface area contributed by atoms with Crippen LogP contribution in [0, 0.1) is 5.92 Å². The number of carboxylic acids is 1. The number of hydrogen-bond acceptors (Lipinski definition) is 5. The molecule has 154 valence electrons. The van der Waals surface area contributed by atoms with Gasteiger partial charge >= 0.3 is 5.97 Å². The lowest BCUT2D eigenvalue weighted by Gasteiger charge is -2.40. The number of aromatic carboxylic acids is 1. The summed E-state index contributed by atoms with van der Waals surface area (Å²) in [5, 5.41) is 15.2. The highest BCUT2D eigenvalue weighted by Crippen LogP contribution is 2.48. The first-order chi connectivity index (χ1) is 13.5. The van der Waals surface area contributed by atoms with Crippen molar-refractivity contribution < 1.29 is 23.1 Å². The molecule has 4 N–H and O–H groups in total. The van der Waals surface area contributed by atoms with Crippen molar-refractivity contribution in [2.75, 3.05) is 6.54 Å². The summed E-state index contributed by atoms with van der Waals surface area (Å²) in [5.74, 6) is -1.70. The van der Waals surface area contributed by atoms with Gasteiger partial charge in [0.15, 0.2) is 0 Å².